The van der Waals surface area contributed by atoms with Gasteiger partial charge >= 0.3 is 0 Å². The topological polar surface area (TPSA) is 77.4 Å². The maximum Gasteiger partial charge on any atom is 0.186 e. The molecule has 1 aromatic carbocycles. The van der Waals surface area contributed by atoms with E-state index in [2.05, 4.69) is 0 Å². The molecule has 2 saturated heterocycles. The van der Waals surface area contributed by atoms with Gasteiger partial charge in [-0.2, -0.15) is 0 Å². The van der Waals surface area contributed by atoms with Crippen LogP contribution >= 0.6 is 0 Å². The van der Waals surface area contributed by atoms with Crippen molar-refractivity contribution in [2.75, 3.05) is 13.7 Å². The summed E-state index contributed by atoms with van der Waals surface area (Å²) in [6.45, 7) is 0.272. The number of rotatable bonds is 2. The lowest BCUT2D eigenvalue weighted by atomic mass is 9.98. The van der Waals surface area contributed by atoms with Gasteiger partial charge in [-0.05, 0) is 0 Å². The molecule has 6 heteroatoms. The molecule has 2 heterocycles. The highest BCUT2D eigenvalue weighted by molar-refractivity contribution is 5.16. The van der Waals surface area contributed by atoms with E-state index in [1.807, 2.05) is 30.3 Å². The van der Waals surface area contributed by atoms with E-state index in [9.17, 15) is 10.2 Å². The number of aliphatic hydroxyl groups excluding tert-OH is 2. The van der Waals surface area contributed by atoms with Crippen LogP contribution in [-0.4, -0.2) is 54.6 Å². The molecule has 0 aliphatic carbocycles. The highest BCUT2D eigenvalue weighted by Gasteiger charge is 2.48. The third-order valence-electron chi connectivity index (χ3n) is 3.64. The van der Waals surface area contributed by atoms with Crippen molar-refractivity contribution in [1.82, 2.24) is 0 Å². The summed E-state index contributed by atoms with van der Waals surface area (Å²) in [5.74, 6) is 0. The van der Waals surface area contributed by atoms with Gasteiger partial charge in [0.25, 0.3) is 0 Å². The summed E-state index contributed by atoms with van der Waals surface area (Å²) in [4.78, 5) is 0. The minimum atomic E-state index is -1.14. The van der Waals surface area contributed by atoms with Gasteiger partial charge in [0.1, 0.15) is 24.4 Å². The van der Waals surface area contributed by atoms with Crippen LogP contribution < -0.4 is 0 Å². The van der Waals surface area contributed by atoms with E-state index >= 15 is 0 Å². The van der Waals surface area contributed by atoms with Gasteiger partial charge in [-0.3, -0.25) is 0 Å². The zero-order valence-electron chi connectivity index (χ0n) is 11.1. The second-order valence-electron chi connectivity index (χ2n) is 4.94. The van der Waals surface area contributed by atoms with Crippen molar-refractivity contribution >= 4 is 0 Å². The molecule has 0 saturated carbocycles. The lowest BCUT2D eigenvalue weighted by molar-refractivity contribution is -0.358. The van der Waals surface area contributed by atoms with E-state index in [0.29, 0.717) is 0 Å². The number of hydrogen-bond acceptors (Lipinski definition) is 6. The van der Waals surface area contributed by atoms with Crippen molar-refractivity contribution in [3.8, 4) is 0 Å². The molecular weight excluding hydrogens is 264 g/mol. The predicted octanol–water partition coefficient (Wildman–Crippen LogP) is 0.194. The first kappa shape index (κ1) is 13.9. The molecule has 0 unspecified atom stereocenters. The van der Waals surface area contributed by atoms with Crippen LogP contribution in [-0.2, 0) is 18.9 Å². The summed E-state index contributed by atoms with van der Waals surface area (Å²) < 4.78 is 21.9. The number of aliphatic hydroxyl groups is 2. The predicted molar refractivity (Wildman–Crippen MR) is 67.7 cm³/mol. The first-order valence-corrected chi connectivity index (χ1v) is 6.57. The molecule has 6 nitrogen and oxygen atoms in total. The molecule has 0 bridgehead atoms. The van der Waals surface area contributed by atoms with Gasteiger partial charge in [-0.15, -0.1) is 0 Å². The monoisotopic (exact) mass is 282 g/mol. The molecule has 1 aromatic rings. The summed E-state index contributed by atoms with van der Waals surface area (Å²) in [7, 11) is 1.41. The maximum atomic E-state index is 10.1. The molecule has 0 radical (unpaired) electrons. The van der Waals surface area contributed by atoms with Crippen LogP contribution in [0.3, 0.4) is 0 Å². The third kappa shape index (κ3) is 2.46. The molecule has 2 aliphatic rings. The lowest BCUT2D eigenvalue weighted by Gasteiger charge is -2.45. The molecule has 2 N–H and O–H groups in total. The normalized spacial score (nSPS) is 41.1. The van der Waals surface area contributed by atoms with E-state index in [4.69, 9.17) is 18.9 Å². The molecule has 3 rings (SSSR count). The van der Waals surface area contributed by atoms with Crippen LogP contribution in [0.1, 0.15) is 11.9 Å². The molecule has 0 aromatic heterocycles. The van der Waals surface area contributed by atoms with Crippen molar-refractivity contribution in [3.05, 3.63) is 35.9 Å². The Hall–Kier alpha value is -1.02. The smallest absolute Gasteiger partial charge is 0.186 e. The maximum absolute atomic E-state index is 10.1. The Labute approximate surface area is 116 Å². The summed E-state index contributed by atoms with van der Waals surface area (Å²) in [5.41, 5.74) is 0.863. The Balaban J connectivity index is 1.74. The highest BCUT2D eigenvalue weighted by Crippen LogP contribution is 2.33. The van der Waals surface area contributed by atoms with Crippen molar-refractivity contribution in [2.24, 2.45) is 0 Å². The average molecular weight is 282 g/mol. The quantitative estimate of drug-likeness (QED) is 0.806. The van der Waals surface area contributed by atoms with Crippen LogP contribution in [0.4, 0.5) is 0 Å². The zero-order chi connectivity index (χ0) is 14.1. The van der Waals surface area contributed by atoms with Gasteiger partial charge in [-0.1, -0.05) is 30.3 Å². The number of benzene rings is 1. The van der Waals surface area contributed by atoms with Gasteiger partial charge in [0.05, 0.1) is 6.61 Å². The Morgan fingerprint density at radius 2 is 1.85 bits per heavy atom. The summed E-state index contributed by atoms with van der Waals surface area (Å²) in [5, 5.41) is 20.1. The number of hydrogen-bond donors (Lipinski definition) is 2. The second kappa shape index (κ2) is 5.77. The first-order chi connectivity index (χ1) is 9.70. The van der Waals surface area contributed by atoms with Crippen molar-refractivity contribution in [1.29, 1.82) is 0 Å². The minimum absolute atomic E-state index is 0.272. The molecule has 2 fully saturated rings. The third-order valence-corrected chi connectivity index (χ3v) is 3.64. The van der Waals surface area contributed by atoms with E-state index in [1.165, 1.54) is 7.11 Å². The van der Waals surface area contributed by atoms with Crippen molar-refractivity contribution in [3.63, 3.8) is 0 Å². The molecule has 0 spiro atoms. The first-order valence-electron chi connectivity index (χ1n) is 6.57. The zero-order valence-corrected chi connectivity index (χ0v) is 11.1. The van der Waals surface area contributed by atoms with Crippen molar-refractivity contribution in [2.45, 2.75) is 37.0 Å². The van der Waals surface area contributed by atoms with E-state index in [-0.39, 0.29) is 6.61 Å². The van der Waals surface area contributed by atoms with Gasteiger partial charge in [-0.25, -0.2) is 0 Å². The molecule has 0 amide bonds. The Morgan fingerprint density at radius 3 is 2.55 bits per heavy atom. The summed E-state index contributed by atoms with van der Waals surface area (Å²) in [6, 6.07) is 9.45. The average Bonchev–Trinajstić information content (AvgIpc) is 2.51. The molecule has 110 valence electrons. The molecule has 6 atom stereocenters. The van der Waals surface area contributed by atoms with Gasteiger partial charge in [0, 0.05) is 12.7 Å². The Bertz CT molecular complexity index is 437. The van der Waals surface area contributed by atoms with Gasteiger partial charge < -0.3 is 29.2 Å². The van der Waals surface area contributed by atoms with E-state index in [1.54, 1.807) is 0 Å². The van der Waals surface area contributed by atoms with Crippen LogP contribution in [0.25, 0.3) is 0 Å². The fourth-order valence-electron chi connectivity index (χ4n) is 2.55. The van der Waals surface area contributed by atoms with E-state index in [0.717, 1.165) is 5.56 Å². The Morgan fingerprint density at radius 1 is 1.10 bits per heavy atom. The molecule has 2 aliphatic heterocycles. The Kier molecular flexibility index (Phi) is 4.02. The number of methoxy groups -OCH3 is 1. The standard InChI is InChI=1S/C14H18O6/c1-17-14-11(16)10(15)12-9(19-14)7-18-13(20-12)8-5-3-2-4-6-8/h2-6,9-16H,7H2,1H3/t9-,10-,11-,12-,13+,14-/m1/s1. The van der Waals surface area contributed by atoms with Gasteiger partial charge in [0.2, 0.25) is 0 Å². The molecular formula is C14H18O6. The van der Waals surface area contributed by atoms with Crippen LogP contribution in [0.5, 0.6) is 0 Å². The second-order valence-corrected chi connectivity index (χ2v) is 4.94. The minimum Gasteiger partial charge on any atom is -0.387 e. The summed E-state index contributed by atoms with van der Waals surface area (Å²) in [6.07, 6.45) is -4.76. The van der Waals surface area contributed by atoms with Crippen LogP contribution in [0.15, 0.2) is 30.3 Å². The fourth-order valence-corrected chi connectivity index (χ4v) is 2.55. The van der Waals surface area contributed by atoms with Gasteiger partial charge in [0.15, 0.2) is 12.6 Å². The summed E-state index contributed by atoms with van der Waals surface area (Å²) >= 11 is 0. The SMILES string of the molecule is CO[C@@H]1O[C@@H]2CO[C@H](c3ccccc3)O[C@H]2[C@H](O)[C@H]1O. The lowest BCUT2D eigenvalue weighted by Crippen LogP contribution is -2.62. The van der Waals surface area contributed by atoms with E-state index < -0.39 is 37.0 Å². The number of fused-ring (bicyclic) bond motifs is 1. The van der Waals surface area contributed by atoms with Crippen LogP contribution in [0, 0.1) is 0 Å². The van der Waals surface area contributed by atoms with Crippen molar-refractivity contribution < 1.29 is 29.2 Å². The van der Waals surface area contributed by atoms with Crippen LogP contribution in [0.2, 0.25) is 0 Å². The highest BCUT2D eigenvalue weighted by atomic mass is 16.7. The fraction of sp³-hybridized carbons (Fsp3) is 0.571. The largest absolute Gasteiger partial charge is 0.387 e. The molecule has 20 heavy (non-hydrogen) atoms. The number of ether oxygens (including phenoxy) is 4.